The predicted octanol–water partition coefficient (Wildman–Crippen LogP) is 1.37. The van der Waals surface area contributed by atoms with Crippen molar-refractivity contribution in [3.05, 3.63) is 48.6 Å². The van der Waals surface area contributed by atoms with Crippen molar-refractivity contribution in [1.29, 1.82) is 0 Å². The first kappa shape index (κ1) is 22.5. The molecule has 152 valence electrons. The second-order valence-electron chi connectivity index (χ2n) is 5.52. The molecule has 1 aromatic rings. The Hall–Kier alpha value is -3.56. The second-order valence-corrected chi connectivity index (χ2v) is 5.52. The Kier molecular flexibility index (Phi) is 10.2. The normalized spacial score (nSPS) is 11.8. The number of hydrogen-bond donors (Lipinski definition) is 4. The molecule has 5 N–H and O–H groups in total. The van der Waals surface area contributed by atoms with E-state index in [1.807, 2.05) is 30.3 Å². The highest BCUT2D eigenvalue weighted by molar-refractivity contribution is 5.92. The van der Waals surface area contributed by atoms with Gasteiger partial charge in [0.05, 0.1) is 0 Å². The molecular weight excluding hydrogens is 368 g/mol. The van der Waals surface area contributed by atoms with Gasteiger partial charge in [0, 0.05) is 6.54 Å². The minimum Gasteiger partial charge on any atom is -0.480 e. The molecule has 0 unspecified atom stereocenters. The number of guanidine groups is 1. The molecule has 1 rings (SSSR count). The van der Waals surface area contributed by atoms with Gasteiger partial charge in [0.1, 0.15) is 19.3 Å². The van der Waals surface area contributed by atoms with E-state index in [9.17, 15) is 14.4 Å². The molecule has 0 aromatic heterocycles. The number of nitrogens with zero attached hydrogens (tertiary/aromatic N) is 1. The minimum absolute atomic E-state index is 0.0228. The molecule has 0 fully saturated rings. The Balaban J connectivity index is 2.31. The summed E-state index contributed by atoms with van der Waals surface area (Å²) in [6, 6.07) is 7.99. The summed E-state index contributed by atoms with van der Waals surface area (Å²) >= 11 is 0. The zero-order chi connectivity index (χ0) is 20.8. The number of carboxylic acids is 1. The Labute approximate surface area is 162 Å². The number of amides is 2. The van der Waals surface area contributed by atoms with E-state index >= 15 is 0 Å². The second kappa shape index (κ2) is 12.7. The van der Waals surface area contributed by atoms with Gasteiger partial charge < -0.3 is 25.6 Å². The van der Waals surface area contributed by atoms with Crippen LogP contribution in [0, 0.1) is 0 Å². The predicted molar refractivity (Wildman–Crippen MR) is 102 cm³/mol. The summed E-state index contributed by atoms with van der Waals surface area (Å²) in [5.74, 6) is -1.35. The Morgan fingerprint density at radius 1 is 1.21 bits per heavy atom. The topological polar surface area (TPSA) is 152 Å². The third kappa shape index (κ3) is 9.80. The zero-order valence-electron chi connectivity index (χ0n) is 15.3. The average Bonchev–Trinajstić information content (AvgIpc) is 2.67. The molecule has 0 heterocycles. The maximum atomic E-state index is 11.6. The van der Waals surface area contributed by atoms with E-state index in [0.29, 0.717) is 6.42 Å². The number of benzene rings is 1. The van der Waals surface area contributed by atoms with Crippen molar-refractivity contribution >= 4 is 24.1 Å². The van der Waals surface area contributed by atoms with E-state index in [1.165, 1.54) is 6.08 Å². The van der Waals surface area contributed by atoms with Gasteiger partial charge in [-0.15, -0.1) is 0 Å². The van der Waals surface area contributed by atoms with Gasteiger partial charge in [-0.1, -0.05) is 43.0 Å². The number of carboxylic acid groups (broad SMARTS) is 1. The van der Waals surface area contributed by atoms with Gasteiger partial charge in [0.15, 0.2) is 5.96 Å². The number of nitrogens with two attached hydrogens (primary N) is 1. The fourth-order valence-electron chi connectivity index (χ4n) is 1.97. The number of carbonyl (C=O) groups excluding carboxylic acids is 2. The fraction of sp³-hybridized carbons (Fsp3) is 0.333. The number of alkyl carbamates (subject to hydrolysis) is 2. The molecule has 0 saturated heterocycles. The number of nitrogens with one attached hydrogen (secondary N) is 2. The quantitative estimate of drug-likeness (QED) is 0.203. The Morgan fingerprint density at radius 3 is 2.57 bits per heavy atom. The van der Waals surface area contributed by atoms with Crippen LogP contribution in [0.25, 0.3) is 0 Å². The lowest BCUT2D eigenvalue weighted by molar-refractivity contribution is -0.139. The molecule has 10 nitrogen and oxygen atoms in total. The lowest BCUT2D eigenvalue weighted by atomic mass is 10.1. The van der Waals surface area contributed by atoms with Gasteiger partial charge in [0.25, 0.3) is 0 Å². The molecule has 2 amide bonds. The third-order valence-corrected chi connectivity index (χ3v) is 3.30. The third-order valence-electron chi connectivity index (χ3n) is 3.30. The van der Waals surface area contributed by atoms with Crippen LogP contribution in [0.1, 0.15) is 18.4 Å². The molecular formula is C18H24N4O6. The van der Waals surface area contributed by atoms with Crippen molar-refractivity contribution in [3.63, 3.8) is 0 Å². The van der Waals surface area contributed by atoms with Gasteiger partial charge in [0.2, 0.25) is 0 Å². The lowest BCUT2D eigenvalue weighted by Crippen LogP contribution is -2.41. The molecule has 0 saturated carbocycles. The summed E-state index contributed by atoms with van der Waals surface area (Å²) in [6.07, 6.45) is 0.178. The molecule has 0 aliphatic heterocycles. The highest BCUT2D eigenvalue weighted by Gasteiger charge is 2.19. The summed E-state index contributed by atoms with van der Waals surface area (Å²) in [7, 11) is 0. The van der Waals surface area contributed by atoms with Gasteiger partial charge in [-0.2, -0.15) is 0 Å². The van der Waals surface area contributed by atoms with Gasteiger partial charge in [-0.25, -0.2) is 14.4 Å². The minimum atomic E-state index is -1.20. The van der Waals surface area contributed by atoms with Crippen LogP contribution >= 0.6 is 0 Å². The first-order valence-corrected chi connectivity index (χ1v) is 8.47. The smallest absolute Gasteiger partial charge is 0.414 e. The monoisotopic (exact) mass is 392 g/mol. The lowest BCUT2D eigenvalue weighted by Gasteiger charge is -2.13. The van der Waals surface area contributed by atoms with Gasteiger partial charge >= 0.3 is 18.2 Å². The van der Waals surface area contributed by atoms with Gasteiger partial charge in [-0.05, 0) is 18.4 Å². The van der Waals surface area contributed by atoms with Crippen LogP contribution in [0.15, 0.2) is 48.0 Å². The van der Waals surface area contributed by atoms with Crippen LogP contribution in [-0.2, 0) is 20.9 Å². The molecule has 10 heteroatoms. The van der Waals surface area contributed by atoms with Crippen molar-refractivity contribution in [3.8, 4) is 0 Å². The van der Waals surface area contributed by atoms with E-state index in [-0.39, 0.29) is 32.1 Å². The molecule has 0 spiro atoms. The fourth-order valence-corrected chi connectivity index (χ4v) is 1.97. The SMILES string of the molecule is C=CCOC(=O)N[C@@H](CCCN=C(N)NC(=O)OCc1ccccc1)C(=O)O. The Morgan fingerprint density at radius 2 is 1.93 bits per heavy atom. The summed E-state index contributed by atoms with van der Waals surface area (Å²) in [5, 5.41) is 13.6. The number of rotatable bonds is 10. The number of aliphatic imine (C=N–C) groups is 1. The summed E-state index contributed by atoms with van der Waals surface area (Å²) in [4.78, 5) is 38.1. The van der Waals surface area contributed by atoms with Crippen LogP contribution in [-0.4, -0.2) is 48.4 Å². The van der Waals surface area contributed by atoms with E-state index in [2.05, 4.69) is 26.9 Å². The standard InChI is InChI=1S/C18H24N4O6/c1-2-11-27-17(25)21-14(15(23)24)9-6-10-20-16(19)22-18(26)28-12-13-7-4-3-5-8-13/h2-5,7-8,14H,1,6,9-12H2,(H,21,25)(H,23,24)(H3,19,20,22,26)/t14-/m0/s1. The van der Waals surface area contributed by atoms with Crippen LogP contribution in [0.2, 0.25) is 0 Å². The number of ether oxygens (including phenoxy) is 2. The van der Waals surface area contributed by atoms with Crippen LogP contribution in [0.4, 0.5) is 9.59 Å². The van der Waals surface area contributed by atoms with Crippen molar-refractivity contribution in [2.24, 2.45) is 10.7 Å². The average molecular weight is 392 g/mol. The zero-order valence-corrected chi connectivity index (χ0v) is 15.3. The van der Waals surface area contributed by atoms with E-state index < -0.39 is 24.2 Å². The van der Waals surface area contributed by atoms with Crippen molar-refractivity contribution in [1.82, 2.24) is 10.6 Å². The van der Waals surface area contributed by atoms with Crippen LogP contribution in [0.5, 0.6) is 0 Å². The number of carbonyl (C=O) groups is 3. The molecule has 0 radical (unpaired) electrons. The van der Waals surface area contributed by atoms with Crippen molar-refractivity contribution < 1.29 is 29.0 Å². The molecule has 1 atom stereocenters. The highest BCUT2D eigenvalue weighted by atomic mass is 16.6. The molecule has 1 aromatic carbocycles. The summed E-state index contributed by atoms with van der Waals surface area (Å²) in [6.45, 7) is 3.60. The Bertz CT molecular complexity index is 693. The molecule has 0 bridgehead atoms. The van der Waals surface area contributed by atoms with Crippen molar-refractivity contribution in [2.45, 2.75) is 25.5 Å². The molecule has 0 aliphatic carbocycles. The van der Waals surface area contributed by atoms with Crippen molar-refractivity contribution in [2.75, 3.05) is 13.2 Å². The van der Waals surface area contributed by atoms with Crippen LogP contribution in [0.3, 0.4) is 0 Å². The van der Waals surface area contributed by atoms with Gasteiger partial charge in [-0.3, -0.25) is 10.3 Å². The number of aliphatic carboxylic acids is 1. The first-order valence-electron chi connectivity index (χ1n) is 8.47. The highest BCUT2D eigenvalue weighted by Crippen LogP contribution is 2.01. The largest absolute Gasteiger partial charge is 0.480 e. The molecule has 0 aliphatic rings. The summed E-state index contributed by atoms with van der Waals surface area (Å²) < 4.78 is 9.67. The first-order chi connectivity index (χ1) is 13.4. The van der Waals surface area contributed by atoms with E-state index in [1.54, 1.807) is 0 Å². The van der Waals surface area contributed by atoms with E-state index in [4.69, 9.17) is 15.6 Å². The number of hydrogen-bond acceptors (Lipinski definition) is 6. The van der Waals surface area contributed by atoms with Crippen LogP contribution < -0.4 is 16.4 Å². The summed E-state index contributed by atoms with van der Waals surface area (Å²) in [5.41, 5.74) is 6.40. The molecule has 28 heavy (non-hydrogen) atoms. The maximum Gasteiger partial charge on any atom is 0.414 e. The maximum absolute atomic E-state index is 11.6. The van der Waals surface area contributed by atoms with E-state index in [0.717, 1.165) is 5.56 Å².